The second-order valence-electron chi connectivity index (χ2n) is 6.97. The molecule has 0 N–H and O–H groups in total. The van der Waals surface area contributed by atoms with E-state index in [1.165, 1.54) is 0 Å². The summed E-state index contributed by atoms with van der Waals surface area (Å²) in [7, 11) is 1.78. The van der Waals surface area contributed by atoms with Gasteiger partial charge in [0.15, 0.2) is 0 Å². The topological polar surface area (TPSA) is 58.4 Å². The highest BCUT2D eigenvalue weighted by molar-refractivity contribution is 5.89. The van der Waals surface area contributed by atoms with Crippen LogP contribution in [-0.2, 0) is 16.1 Å². The van der Waals surface area contributed by atoms with E-state index in [2.05, 4.69) is 18.1 Å². The summed E-state index contributed by atoms with van der Waals surface area (Å²) in [6, 6.07) is 2.26. The van der Waals surface area contributed by atoms with Crippen molar-refractivity contribution in [2.75, 3.05) is 20.1 Å². The average Bonchev–Trinajstić information content (AvgIpc) is 3.01. The molecule has 3 rings (SSSR count). The predicted octanol–water partition coefficient (Wildman–Crippen LogP) is 1.36. The number of amides is 2. The number of carbonyl (C=O) groups excluding carboxylic acids is 2. The van der Waals surface area contributed by atoms with Crippen LogP contribution >= 0.6 is 0 Å². The van der Waals surface area contributed by atoms with E-state index in [1.807, 2.05) is 16.5 Å². The Bertz CT molecular complexity index is 610. The molecular weight excluding hydrogens is 292 g/mol. The predicted molar refractivity (Wildman–Crippen MR) is 86.8 cm³/mol. The molecular formula is C17H26N4O2. The lowest BCUT2D eigenvalue weighted by atomic mass is 9.98. The van der Waals surface area contributed by atoms with Crippen molar-refractivity contribution < 1.29 is 9.59 Å². The van der Waals surface area contributed by atoms with Crippen LogP contribution in [0.15, 0.2) is 6.07 Å². The first kappa shape index (κ1) is 16.0. The summed E-state index contributed by atoms with van der Waals surface area (Å²) in [5.41, 5.74) is 2.15. The highest BCUT2D eigenvalue weighted by atomic mass is 16.2. The van der Waals surface area contributed by atoms with E-state index in [-0.39, 0.29) is 23.8 Å². The van der Waals surface area contributed by atoms with Crippen LogP contribution < -0.4 is 0 Å². The zero-order chi connectivity index (χ0) is 16.6. The van der Waals surface area contributed by atoms with Crippen LogP contribution in [0.25, 0.3) is 0 Å². The smallest absolute Gasteiger partial charge is 0.228 e. The Labute approximate surface area is 137 Å². The van der Waals surface area contributed by atoms with Crippen LogP contribution in [0.3, 0.4) is 0 Å². The van der Waals surface area contributed by atoms with Crippen molar-refractivity contribution in [2.24, 2.45) is 5.92 Å². The molecule has 0 radical (unpaired) electrons. The maximum absolute atomic E-state index is 12.9. The normalized spacial score (nSPS) is 25.3. The summed E-state index contributed by atoms with van der Waals surface area (Å²) < 4.78 is 2.01. The third-order valence-corrected chi connectivity index (χ3v) is 5.09. The lowest BCUT2D eigenvalue weighted by molar-refractivity contribution is -0.139. The molecule has 2 saturated heterocycles. The molecule has 0 spiro atoms. The van der Waals surface area contributed by atoms with Crippen molar-refractivity contribution in [3.8, 4) is 0 Å². The van der Waals surface area contributed by atoms with Gasteiger partial charge in [-0.15, -0.1) is 0 Å². The Hall–Kier alpha value is -1.85. The van der Waals surface area contributed by atoms with E-state index >= 15 is 0 Å². The third-order valence-electron chi connectivity index (χ3n) is 5.09. The summed E-state index contributed by atoms with van der Waals surface area (Å²) in [4.78, 5) is 28.3. The SMILES string of the molecule is Cc1cc(C)n(C[C@@H]2CCCCN2C(=O)[C@H]2CC(=O)N(C)C2)n1. The lowest BCUT2D eigenvalue weighted by Gasteiger charge is -2.37. The maximum Gasteiger partial charge on any atom is 0.228 e. The van der Waals surface area contributed by atoms with E-state index in [1.54, 1.807) is 11.9 Å². The molecule has 6 heteroatoms. The number of nitrogens with zero attached hydrogens (tertiary/aromatic N) is 4. The minimum absolute atomic E-state index is 0.0791. The van der Waals surface area contributed by atoms with Gasteiger partial charge in [0.1, 0.15) is 0 Å². The number of carbonyl (C=O) groups is 2. The first-order chi connectivity index (χ1) is 11.0. The van der Waals surface area contributed by atoms with Gasteiger partial charge in [0, 0.05) is 32.3 Å². The highest BCUT2D eigenvalue weighted by Crippen LogP contribution is 2.25. The summed E-state index contributed by atoms with van der Waals surface area (Å²) in [5, 5.41) is 4.54. The van der Waals surface area contributed by atoms with Gasteiger partial charge >= 0.3 is 0 Å². The molecule has 23 heavy (non-hydrogen) atoms. The molecule has 2 fully saturated rings. The second-order valence-corrected chi connectivity index (χ2v) is 6.97. The van der Waals surface area contributed by atoms with Crippen molar-refractivity contribution in [3.05, 3.63) is 17.5 Å². The molecule has 2 atom stereocenters. The Morgan fingerprint density at radius 2 is 2.13 bits per heavy atom. The number of likely N-dealkylation sites (tertiary alicyclic amines) is 2. The molecule has 2 aliphatic rings. The van der Waals surface area contributed by atoms with Crippen molar-refractivity contribution in [3.63, 3.8) is 0 Å². The molecule has 3 heterocycles. The average molecular weight is 318 g/mol. The standard InChI is InChI=1S/C17H26N4O2/c1-12-8-13(2)21(18-12)11-15-6-4-5-7-20(15)17(23)14-9-16(22)19(3)10-14/h8,14-15H,4-7,9-11H2,1-3H3/t14-,15-/m0/s1. The van der Waals surface area contributed by atoms with Crippen molar-refractivity contribution in [2.45, 2.75) is 52.1 Å². The summed E-state index contributed by atoms with van der Waals surface area (Å²) in [6.07, 6.45) is 3.58. The number of piperidine rings is 1. The fraction of sp³-hybridized carbons (Fsp3) is 0.706. The molecule has 0 saturated carbocycles. The van der Waals surface area contributed by atoms with Gasteiger partial charge in [0.05, 0.1) is 24.2 Å². The van der Waals surface area contributed by atoms with Crippen LogP contribution in [0, 0.1) is 19.8 Å². The molecule has 6 nitrogen and oxygen atoms in total. The zero-order valence-electron chi connectivity index (χ0n) is 14.3. The molecule has 1 aromatic heterocycles. The van der Waals surface area contributed by atoms with Crippen molar-refractivity contribution >= 4 is 11.8 Å². The third kappa shape index (κ3) is 3.26. The number of aromatic nitrogens is 2. The highest BCUT2D eigenvalue weighted by Gasteiger charge is 2.37. The maximum atomic E-state index is 12.9. The van der Waals surface area contributed by atoms with Crippen LogP contribution in [0.4, 0.5) is 0 Å². The van der Waals surface area contributed by atoms with Gasteiger partial charge in [-0.25, -0.2) is 0 Å². The van der Waals surface area contributed by atoms with E-state index in [0.29, 0.717) is 13.0 Å². The summed E-state index contributed by atoms with van der Waals surface area (Å²) in [5.74, 6) is 0.0536. The van der Waals surface area contributed by atoms with Gasteiger partial charge in [-0.05, 0) is 39.2 Å². The van der Waals surface area contributed by atoms with Gasteiger partial charge < -0.3 is 9.80 Å². The lowest BCUT2D eigenvalue weighted by Crippen LogP contribution is -2.48. The molecule has 0 aliphatic carbocycles. The minimum atomic E-state index is -0.173. The van der Waals surface area contributed by atoms with E-state index in [9.17, 15) is 9.59 Å². The van der Waals surface area contributed by atoms with Gasteiger partial charge in [-0.3, -0.25) is 14.3 Å². The van der Waals surface area contributed by atoms with Gasteiger partial charge in [0.2, 0.25) is 11.8 Å². The molecule has 0 unspecified atom stereocenters. The Kier molecular flexibility index (Phi) is 4.41. The zero-order valence-corrected chi connectivity index (χ0v) is 14.3. The molecule has 2 amide bonds. The Morgan fingerprint density at radius 1 is 1.35 bits per heavy atom. The largest absolute Gasteiger partial charge is 0.345 e. The monoisotopic (exact) mass is 318 g/mol. The van der Waals surface area contributed by atoms with Gasteiger partial charge in [0.25, 0.3) is 0 Å². The van der Waals surface area contributed by atoms with Crippen molar-refractivity contribution in [1.29, 1.82) is 0 Å². The van der Waals surface area contributed by atoms with Crippen LogP contribution in [0.1, 0.15) is 37.1 Å². The quantitative estimate of drug-likeness (QED) is 0.845. The van der Waals surface area contributed by atoms with E-state index in [4.69, 9.17) is 0 Å². The van der Waals surface area contributed by atoms with E-state index in [0.717, 1.165) is 43.7 Å². The number of hydrogen-bond donors (Lipinski definition) is 0. The van der Waals surface area contributed by atoms with Crippen molar-refractivity contribution in [1.82, 2.24) is 19.6 Å². The summed E-state index contributed by atoms with van der Waals surface area (Å²) in [6.45, 7) is 6.16. The van der Waals surface area contributed by atoms with Crippen LogP contribution in [0.5, 0.6) is 0 Å². The summed E-state index contributed by atoms with van der Waals surface area (Å²) >= 11 is 0. The number of rotatable bonds is 3. The van der Waals surface area contributed by atoms with Gasteiger partial charge in [-0.2, -0.15) is 5.10 Å². The van der Waals surface area contributed by atoms with Crippen LogP contribution in [0.2, 0.25) is 0 Å². The molecule has 0 aromatic carbocycles. The number of hydrogen-bond acceptors (Lipinski definition) is 3. The first-order valence-corrected chi connectivity index (χ1v) is 8.51. The molecule has 0 bridgehead atoms. The first-order valence-electron chi connectivity index (χ1n) is 8.51. The van der Waals surface area contributed by atoms with Crippen LogP contribution in [-0.4, -0.2) is 57.6 Å². The fourth-order valence-corrected chi connectivity index (χ4v) is 3.80. The number of aryl methyl sites for hydroxylation is 2. The minimum Gasteiger partial charge on any atom is -0.345 e. The van der Waals surface area contributed by atoms with Gasteiger partial charge in [-0.1, -0.05) is 0 Å². The molecule has 2 aliphatic heterocycles. The Balaban J connectivity index is 1.72. The fourth-order valence-electron chi connectivity index (χ4n) is 3.80. The molecule has 126 valence electrons. The second kappa shape index (κ2) is 6.34. The van der Waals surface area contributed by atoms with E-state index < -0.39 is 0 Å². The molecule has 1 aromatic rings. The Morgan fingerprint density at radius 3 is 2.74 bits per heavy atom.